The van der Waals surface area contributed by atoms with Crippen LogP contribution in [0.4, 0.5) is 0 Å². The molecule has 40 heavy (non-hydrogen) atoms. The molecular formula is C36H39NO2P+. The van der Waals surface area contributed by atoms with Gasteiger partial charge in [-0.3, -0.25) is 9.59 Å². The molecule has 0 atom stereocenters. The number of fused-ring (bicyclic) bond motifs is 1. The first-order valence-electron chi connectivity index (χ1n) is 14.8. The highest BCUT2D eigenvalue weighted by Crippen LogP contribution is 2.61. The fraction of sp³-hybridized carbons (Fsp3) is 0.278. The highest BCUT2D eigenvalue weighted by Gasteiger charge is 2.61. The molecule has 0 aromatic heterocycles. The zero-order valence-corrected chi connectivity index (χ0v) is 24.4. The Labute approximate surface area is 239 Å². The van der Waals surface area contributed by atoms with Gasteiger partial charge >= 0.3 is 0 Å². The van der Waals surface area contributed by atoms with E-state index >= 15 is 0 Å². The summed E-state index contributed by atoms with van der Waals surface area (Å²) >= 11 is 0. The molecule has 0 saturated heterocycles. The zero-order valence-electron chi connectivity index (χ0n) is 23.5. The number of nitrogens with zero attached hydrogens (tertiary/aromatic N) is 1. The second-order valence-corrected chi connectivity index (χ2v) is 13.8. The minimum atomic E-state index is -2.87. The van der Waals surface area contributed by atoms with Crippen LogP contribution in [0.2, 0.25) is 0 Å². The maximum Gasteiger partial charge on any atom is 0.294 e. The summed E-state index contributed by atoms with van der Waals surface area (Å²) in [5.74, 6) is -0.410. The van der Waals surface area contributed by atoms with E-state index < -0.39 is 7.41 Å². The van der Waals surface area contributed by atoms with Gasteiger partial charge in [0.25, 0.3) is 11.8 Å². The van der Waals surface area contributed by atoms with Crippen molar-refractivity contribution in [1.29, 1.82) is 0 Å². The van der Waals surface area contributed by atoms with Crippen LogP contribution in [-0.2, 0) is 6.42 Å². The van der Waals surface area contributed by atoms with Gasteiger partial charge in [0.05, 0.1) is 11.1 Å². The summed E-state index contributed by atoms with van der Waals surface area (Å²) < 4.78 is 1.63. The summed E-state index contributed by atoms with van der Waals surface area (Å²) in [7, 11) is -2.87. The summed E-state index contributed by atoms with van der Waals surface area (Å²) in [5.41, 5.74) is 2.21. The van der Waals surface area contributed by atoms with E-state index in [1.54, 1.807) is 16.8 Å². The molecule has 4 aromatic carbocycles. The number of hydrogen-bond acceptors (Lipinski definition) is 2. The molecule has 0 saturated carbocycles. The fourth-order valence-electron chi connectivity index (χ4n) is 5.99. The molecule has 4 aromatic rings. The van der Waals surface area contributed by atoms with Crippen LogP contribution >= 0.6 is 7.41 Å². The van der Waals surface area contributed by atoms with Crippen LogP contribution in [0.5, 0.6) is 0 Å². The lowest BCUT2D eigenvalue weighted by molar-refractivity contribution is 0.0769. The Hall–Kier alpha value is -3.55. The van der Waals surface area contributed by atoms with Crippen LogP contribution in [0.25, 0.3) is 0 Å². The standard InChI is InChI=1S/C36H39NO2P/c1-2-3-4-5-6-7-8-11-20-29-21-16-19-28-34(29)40(30-22-12-9-13-23-30,31-24-14-10-15-25-31)37-35(38)32-26-17-18-27-33(32)36(37)39/h9-10,12-19,21-28H,2-8,11,20H2,1H3/q+1. The van der Waals surface area contributed by atoms with Gasteiger partial charge in [-0.15, -0.1) is 4.67 Å². The Morgan fingerprint density at radius 2 is 0.975 bits per heavy atom. The van der Waals surface area contributed by atoms with E-state index in [2.05, 4.69) is 55.5 Å². The van der Waals surface area contributed by atoms with Crippen LogP contribution in [0, 0.1) is 0 Å². The lowest BCUT2D eigenvalue weighted by Crippen LogP contribution is -2.47. The fourth-order valence-corrected chi connectivity index (χ4v) is 10.4. The molecule has 204 valence electrons. The largest absolute Gasteiger partial charge is 0.294 e. The van der Waals surface area contributed by atoms with Gasteiger partial charge in [-0.2, -0.15) is 0 Å². The minimum absolute atomic E-state index is 0.205. The summed E-state index contributed by atoms with van der Waals surface area (Å²) in [6.07, 6.45) is 11.0. The number of hydrogen-bond donors (Lipinski definition) is 0. The van der Waals surface area contributed by atoms with Crippen LogP contribution in [-0.4, -0.2) is 16.5 Å². The molecule has 0 radical (unpaired) electrons. The van der Waals surface area contributed by atoms with Crippen LogP contribution in [0.3, 0.4) is 0 Å². The normalized spacial score (nSPS) is 13.1. The average Bonchev–Trinajstić information content (AvgIpc) is 3.26. The number of imide groups is 1. The minimum Gasteiger partial charge on any atom is -0.265 e. The predicted molar refractivity (Wildman–Crippen MR) is 168 cm³/mol. The average molecular weight is 549 g/mol. The van der Waals surface area contributed by atoms with Gasteiger partial charge in [-0.05, 0) is 60.9 Å². The van der Waals surface area contributed by atoms with Gasteiger partial charge in [0.15, 0.2) is 0 Å². The lowest BCUT2D eigenvalue weighted by Gasteiger charge is -2.33. The highest BCUT2D eigenvalue weighted by atomic mass is 31.2. The number of carbonyl (C=O) groups excluding carboxylic acids is 2. The second-order valence-electron chi connectivity index (χ2n) is 10.6. The SMILES string of the molecule is CCCCCCCCCCc1ccccc1[P+](c1ccccc1)(c1ccccc1)N1C(=O)c2ccccc2C1=O. The van der Waals surface area contributed by atoms with E-state index in [-0.39, 0.29) is 11.8 Å². The molecule has 0 bridgehead atoms. The van der Waals surface area contributed by atoms with Gasteiger partial charge in [-0.25, -0.2) is 0 Å². The Morgan fingerprint density at radius 1 is 0.525 bits per heavy atom. The third kappa shape index (κ3) is 5.40. The zero-order chi connectivity index (χ0) is 27.8. The molecule has 1 heterocycles. The summed E-state index contributed by atoms with van der Waals surface area (Å²) in [6.45, 7) is 2.26. The summed E-state index contributed by atoms with van der Waals surface area (Å²) in [4.78, 5) is 28.5. The molecule has 1 aliphatic heterocycles. The van der Waals surface area contributed by atoms with Crippen molar-refractivity contribution in [2.75, 3.05) is 0 Å². The van der Waals surface area contributed by atoms with Crippen molar-refractivity contribution in [3.63, 3.8) is 0 Å². The monoisotopic (exact) mass is 548 g/mol. The topological polar surface area (TPSA) is 37.4 Å². The summed E-state index contributed by atoms with van der Waals surface area (Å²) in [5, 5.41) is 3.13. The Kier molecular flexibility index (Phi) is 9.24. The Bertz CT molecular complexity index is 1360. The molecule has 2 amide bonds. The highest BCUT2D eigenvalue weighted by molar-refractivity contribution is 7.94. The maximum atomic E-state index is 14.2. The molecule has 0 N–H and O–H groups in total. The van der Waals surface area contributed by atoms with Gasteiger partial charge in [0.2, 0.25) is 7.41 Å². The van der Waals surface area contributed by atoms with Crippen LogP contribution in [0.1, 0.15) is 84.6 Å². The Balaban J connectivity index is 1.60. The first-order chi connectivity index (χ1) is 19.7. The smallest absolute Gasteiger partial charge is 0.265 e. The third-order valence-corrected chi connectivity index (χ3v) is 12.2. The Morgan fingerprint density at radius 3 is 1.52 bits per heavy atom. The van der Waals surface area contributed by atoms with Crippen molar-refractivity contribution in [3.8, 4) is 0 Å². The van der Waals surface area contributed by atoms with Crippen molar-refractivity contribution in [2.45, 2.75) is 64.7 Å². The summed E-state index contributed by atoms with van der Waals surface area (Å²) in [6, 6.07) is 36.2. The molecule has 0 fully saturated rings. The number of amides is 2. The molecular weight excluding hydrogens is 509 g/mol. The van der Waals surface area contributed by atoms with E-state index in [9.17, 15) is 9.59 Å². The lowest BCUT2D eigenvalue weighted by atomic mass is 10.0. The van der Waals surface area contributed by atoms with E-state index in [1.807, 2.05) is 48.5 Å². The van der Waals surface area contributed by atoms with Gasteiger partial charge in [0, 0.05) is 0 Å². The van der Waals surface area contributed by atoms with Crippen molar-refractivity contribution >= 4 is 35.1 Å². The van der Waals surface area contributed by atoms with Gasteiger partial charge < -0.3 is 0 Å². The van der Waals surface area contributed by atoms with E-state index in [1.165, 1.54) is 50.5 Å². The van der Waals surface area contributed by atoms with E-state index in [0.29, 0.717) is 11.1 Å². The van der Waals surface area contributed by atoms with E-state index in [4.69, 9.17) is 0 Å². The molecule has 5 rings (SSSR count). The predicted octanol–water partition coefficient (Wildman–Crippen LogP) is 7.87. The van der Waals surface area contributed by atoms with Gasteiger partial charge in [0.1, 0.15) is 15.9 Å². The number of benzene rings is 4. The number of carbonyl (C=O) groups is 2. The van der Waals surface area contributed by atoms with Crippen molar-refractivity contribution in [2.24, 2.45) is 0 Å². The first-order valence-corrected chi connectivity index (χ1v) is 16.5. The molecule has 0 unspecified atom stereocenters. The number of rotatable bonds is 13. The van der Waals surface area contributed by atoms with E-state index in [0.717, 1.165) is 28.8 Å². The van der Waals surface area contributed by atoms with Crippen LogP contribution < -0.4 is 15.9 Å². The van der Waals surface area contributed by atoms with Gasteiger partial charge in [-0.1, -0.05) is 119 Å². The number of aryl methyl sites for hydroxylation is 1. The quantitative estimate of drug-likeness (QED) is 0.0968. The third-order valence-electron chi connectivity index (χ3n) is 7.97. The molecule has 1 aliphatic rings. The molecule has 0 aliphatic carbocycles. The number of unbranched alkanes of at least 4 members (excludes halogenated alkanes) is 7. The van der Waals surface area contributed by atoms with Crippen molar-refractivity contribution in [1.82, 2.24) is 4.67 Å². The molecule has 0 spiro atoms. The van der Waals surface area contributed by atoms with Crippen LogP contribution in [0.15, 0.2) is 109 Å². The van der Waals surface area contributed by atoms with Crippen molar-refractivity contribution < 1.29 is 9.59 Å². The molecule has 4 heteroatoms. The second kappa shape index (κ2) is 13.2. The first kappa shape index (κ1) is 28.0. The molecule has 3 nitrogen and oxygen atoms in total. The van der Waals surface area contributed by atoms with Crippen molar-refractivity contribution in [3.05, 3.63) is 126 Å². The maximum absolute atomic E-state index is 14.2.